The Hall–Kier alpha value is -3.12. The lowest BCUT2D eigenvalue weighted by Crippen LogP contribution is -2.44. The lowest BCUT2D eigenvalue weighted by molar-refractivity contribution is -0.123. The summed E-state index contributed by atoms with van der Waals surface area (Å²) in [5, 5.41) is 5.07. The van der Waals surface area contributed by atoms with Gasteiger partial charge in [-0.05, 0) is 60.0 Å². The maximum atomic E-state index is 12.5. The van der Waals surface area contributed by atoms with E-state index in [0.717, 1.165) is 47.8 Å². The van der Waals surface area contributed by atoms with Gasteiger partial charge in [0.25, 0.3) is 5.91 Å². The summed E-state index contributed by atoms with van der Waals surface area (Å²) in [6.45, 7) is 2.88. The number of nitrogens with one attached hydrogen (secondary N) is 1. The lowest BCUT2D eigenvalue weighted by Gasteiger charge is -2.31. The van der Waals surface area contributed by atoms with E-state index >= 15 is 0 Å². The van der Waals surface area contributed by atoms with Crippen molar-refractivity contribution in [3.05, 3.63) is 60.6 Å². The van der Waals surface area contributed by atoms with Crippen molar-refractivity contribution in [2.45, 2.75) is 12.8 Å². The van der Waals surface area contributed by atoms with E-state index in [0.29, 0.717) is 18.7 Å². The van der Waals surface area contributed by atoms with Crippen LogP contribution in [0.4, 0.5) is 0 Å². The molecule has 1 saturated heterocycles. The van der Waals surface area contributed by atoms with Crippen LogP contribution < -0.4 is 11.1 Å². The number of likely N-dealkylation sites (tertiary alicyclic amines) is 1. The molecule has 0 saturated carbocycles. The van der Waals surface area contributed by atoms with Crippen molar-refractivity contribution >= 4 is 22.6 Å². The third-order valence-corrected chi connectivity index (χ3v) is 5.58. The van der Waals surface area contributed by atoms with Crippen LogP contribution in [0, 0.1) is 5.92 Å². The fourth-order valence-corrected chi connectivity index (χ4v) is 3.92. The SMILES string of the molecule is NC(=O)C1CCCN(CCNC(=O)c2ccc3cc(-c4ccoc4)ccc3c2)C1. The van der Waals surface area contributed by atoms with Gasteiger partial charge in [-0.3, -0.25) is 9.59 Å². The van der Waals surface area contributed by atoms with Crippen molar-refractivity contribution < 1.29 is 14.0 Å². The number of fused-ring (bicyclic) bond motifs is 1. The largest absolute Gasteiger partial charge is 0.472 e. The second-order valence-corrected chi connectivity index (χ2v) is 7.59. The average Bonchev–Trinajstić information content (AvgIpc) is 3.28. The van der Waals surface area contributed by atoms with Gasteiger partial charge in [0, 0.05) is 30.8 Å². The Bertz CT molecular complexity index is 1010. The summed E-state index contributed by atoms with van der Waals surface area (Å²) < 4.78 is 5.15. The maximum Gasteiger partial charge on any atom is 0.251 e. The zero-order valence-electron chi connectivity index (χ0n) is 16.3. The first-order valence-corrected chi connectivity index (χ1v) is 9.96. The Morgan fingerprint density at radius 1 is 1.10 bits per heavy atom. The Kier molecular flexibility index (Phi) is 5.62. The van der Waals surface area contributed by atoms with Crippen molar-refractivity contribution in [1.29, 1.82) is 0 Å². The highest BCUT2D eigenvalue weighted by Gasteiger charge is 2.23. The van der Waals surface area contributed by atoms with Crippen molar-refractivity contribution in [2.24, 2.45) is 11.7 Å². The first-order chi connectivity index (χ1) is 14.1. The van der Waals surface area contributed by atoms with Crippen LogP contribution >= 0.6 is 0 Å². The molecule has 2 heterocycles. The van der Waals surface area contributed by atoms with Crippen LogP contribution in [-0.4, -0.2) is 42.9 Å². The van der Waals surface area contributed by atoms with E-state index in [2.05, 4.69) is 16.3 Å². The number of piperidine rings is 1. The second-order valence-electron chi connectivity index (χ2n) is 7.59. The fraction of sp³-hybridized carbons (Fsp3) is 0.304. The van der Waals surface area contributed by atoms with Gasteiger partial charge in [-0.1, -0.05) is 18.2 Å². The number of primary amides is 1. The van der Waals surface area contributed by atoms with Crippen LogP contribution in [-0.2, 0) is 4.79 Å². The molecule has 2 amide bonds. The van der Waals surface area contributed by atoms with E-state index in [9.17, 15) is 9.59 Å². The number of amides is 2. The molecule has 0 aliphatic carbocycles. The molecule has 0 bridgehead atoms. The van der Waals surface area contributed by atoms with Gasteiger partial charge in [-0.2, -0.15) is 0 Å². The van der Waals surface area contributed by atoms with E-state index in [1.54, 1.807) is 12.5 Å². The molecule has 1 aromatic heterocycles. The maximum absolute atomic E-state index is 12.5. The quantitative estimate of drug-likeness (QED) is 0.676. The number of furan rings is 1. The number of hydrogen-bond acceptors (Lipinski definition) is 4. The van der Waals surface area contributed by atoms with Gasteiger partial charge >= 0.3 is 0 Å². The second kappa shape index (κ2) is 8.49. The summed E-state index contributed by atoms with van der Waals surface area (Å²) >= 11 is 0. The molecule has 0 spiro atoms. The predicted molar refractivity (Wildman–Crippen MR) is 112 cm³/mol. The van der Waals surface area contributed by atoms with Gasteiger partial charge < -0.3 is 20.4 Å². The first-order valence-electron chi connectivity index (χ1n) is 9.96. The topological polar surface area (TPSA) is 88.6 Å². The molecule has 150 valence electrons. The predicted octanol–water partition coefficient (Wildman–Crippen LogP) is 3.03. The van der Waals surface area contributed by atoms with Gasteiger partial charge in [-0.25, -0.2) is 0 Å². The molecule has 1 atom stereocenters. The molecule has 1 aliphatic rings. The Balaban J connectivity index is 1.36. The molecular weight excluding hydrogens is 366 g/mol. The number of nitrogens with zero attached hydrogens (tertiary/aromatic N) is 1. The van der Waals surface area contributed by atoms with Gasteiger partial charge in [0.2, 0.25) is 5.91 Å². The standard InChI is InChI=1S/C23H25N3O3/c24-22(27)20-2-1-9-26(14-20)10-8-25-23(28)19-6-5-16-12-18(4-3-17(16)13-19)21-7-11-29-15-21/h3-7,11-13,15,20H,1-2,8-10,14H2,(H2,24,27)(H,25,28). The first kappa shape index (κ1) is 19.2. The van der Waals surface area contributed by atoms with Crippen molar-refractivity contribution in [2.75, 3.05) is 26.2 Å². The Morgan fingerprint density at radius 3 is 2.72 bits per heavy atom. The lowest BCUT2D eigenvalue weighted by atomic mass is 9.97. The normalized spacial score (nSPS) is 17.3. The molecule has 3 aromatic rings. The van der Waals surface area contributed by atoms with Crippen molar-refractivity contribution in [3.63, 3.8) is 0 Å². The minimum Gasteiger partial charge on any atom is -0.472 e. The minimum absolute atomic E-state index is 0.0770. The van der Waals surface area contributed by atoms with Gasteiger partial charge in [-0.15, -0.1) is 0 Å². The summed E-state index contributed by atoms with van der Waals surface area (Å²) in [5.41, 5.74) is 8.18. The summed E-state index contributed by atoms with van der Waals surface area (Å²) in [7, 11) is 0. The zero-order chi connectivity index (χ0) is 20.2. The van der Waals surface area contributed by atoms with E-state index in [1.807, 2.05) is 36.4 Å². The summed E-state index contributed by atoms with van der Waals surface area (Å²) in [4.78, 5) is 26.1. The number of carbonyl (C=O) groups excluding carboxylic acids is 2. The van der Waals surface area contributed by atoms with Gasteiger partial charge in [0.1, 0.15) is 0 Å². The molecule has 0 radical (unpaired) electrons. The smallest absolute Gasteiger partial charge is 0.251 e. The molecule has 3 N–H and O–H groups in total. The highest BCUT2D eigenvalue weighted by atomic mass is 16.3. The number of benzene rings is 2. The Labute approximate surface area is 169 Å². The van der Waals surface area contributed by atoms with E-state index in [4.69, 9.17) is 10.2 Å². The number of nitrogens with two attached hydrogens (primary N) is 1. The zero-order valence-corrected chi connectivity index (χ0v) is 16.3. The van der Waals surface area contributed by atoms with Crippen LogP contribution in [0.2, 0.25) is 0 Å². The average molecular weight is 391 g/mol. The highest BCUT2D eigenvalue weighted by Crippen LogP contribution is 2.25. The van der Waals surface area contributed by atoms with Crippen LogP contribution in [0.5, 0.6) is 0 Å². The number of hydrogen-bond donors (Lipinski definition) is 2. The van der Waals surface area contributed by atoms with Crippen LogP contribution in [0.1, 0.15) is 23.2 Å². The third-order valence-electron chi connectivity index (χ3n) is 5.58. The highest BCUT2D eigenvalue weighted by molar-refractivity contribution is 5.99. The number of carbonyl (C=O) groups is 2. The minimum atomic E-state index is -0.231. The van der Waals surface area contributed by atoms with Crippen molar-refractivity contribution in [3.8, 4) is 11.1 Å². The molecule has 1 unspecified atom stereocenters. The molecule has 4 rings (SSSR count). The molecule has 6 nitrogen and oxygen atoms in total. The van der Waals surface area contributed by atoms with Crippen LogP contribution in [0.25, 0.3) is 21.9 Å². The summed E-state index contributed by atoms with van der Waals surface area (Å²) in [6.07, 6.45) is 5.20. The molecule has 1 aliphatic heterocycles. The molecule has 29 heavy (non-hydrogen) atoms. The monoisotopic (exact) mass is 391 g/mol. The molecule has 6 heteroatoms. The van der Waals surface area contributed by atoms with Crippen LogP contribution in [0.15, 0.2) is 59.4 Å². The molecular formula is C23H25N3O3. The van der Waals surface area contributed by atoms with Crippen molar-refractivity contribution in [1.82, 2.24) is 10.2 Å². The van der Waals surface area contributed by atoms with Gasteiger partial charge in [0.15, 0.2) is 0 Å². The van der Waals surface area contributed by atoms with E-state index in [-0.39, 0.29) is 17.7 Å². The van der Waals surface area contributed by atoms with E-state index < -0.39 is 0 Å². The Morgan fingerprint density at radius 2 is 1.93 bits per heavy atom. The molecule has 1 fully saturated rings. The van der Waals surface area contributed by atoms with Crippen LogP contribution in [0.3, 0.4) is 0 Å². The summed E-state index contributed by atoms with van der Waals surface area (Å²) in [5.74, 6) is -0.396. The molecule has 2 aromatic carbocycles. The number of rotatable bonds is 6. The fourth-order valence-electron chi connectivity index (χ4n) is 3.92. The van der Waals surface area contributed by atoms with E-state index in [1.165, 1.54) is 0 Å². The summed E-state index contributed by atoms with van der Waals surface area (Å²) in [6, 6.07) is 13.8. The van der Waals surface area contributed by atoms with Gasteiger partial charge in [0.05, 0.1) is 18.4 Å². The third kappa shape index (κ3) is 4.49.